The smallest absolute Gasteiger partial charge is 0.0981 e. The van der Waals surface area contributed by atoms with Crippen LogP contribution in [0.3, 0.4) is 0 Å². The van der Waals surface area contributed by atoms with Crippen molar-refractivity contribution in [3.05, 3.63) is 16.6 Å². The molecule has 2 rings (SSSR count). The fourth-order valence-electron chi connectivity index (χ4n) is 1.85. The summed E-state index contributed by atoms with van der Waals surface area (Å²) in [6.07, 6.45) is 5.33. The van der Waals surface area contributed by atoms with E-state index in [4.69, 9.17) is 5.26 Å². The molecule has 1 aromatic rings. The summed E-state index contributed by atoms with van der Waals surface area (Å²) in [5, 5.41) is 8.99. The number of hydrogen-bond acceptors (Lipinski definition) is 4. The lowest BCUT2D eigenvalue weighted by atomic mass is 10.0. The Balaban J connectivity index is 1.99. The van der Waals surface area contributed by atoms with Gasteiger partial charge in [-0.25, -0.2) is 0 Å². The molecule has 0 N–H and O–H groups in total. The molecule has 14 heavy (non-hydrogen) atoms. The molecule has 0 radical (unpaired) electrons. The van der Waals surface area contributed by atoms with Gasteiger partial charge in [-0.15, -0.1) is 11.3 Å². The molecule has 0 spiro atoms. The third-order valence-corrected chi connectivity index (χ3v) is 3.37. The Morgan fingerprint density at radius 3 is 3.29 bits per heavy atom. The predicted molar refractivity (Wildman–Crippen MR) is 55.8 cm³/mol. The van der Waals surface area contributed by atoms with Crippen LogP contribution >= 0.6 is 11.3 Å². The summed E-state index contributed by atoms with van der Waals surface area (Å²) >= 11 is 1.67. The van der Waals surface area contributed by atoms with Crippen LogP contribution in [0, 0.1) is 11.3 Å². The Hall–Kier alpha value is -0.920. The van der Waals surface area contributed by atoms with Crippen LogP contribution in [0.25, 0.3) is 0 Å². The first-order valence-electron chi connectivity index (χ1n) is 4.91. The van der Waals surface area contributed by atoms with Gasteiger partial charge in [0.15, 0.2) is 0 Å². The van der Waals surface area contributed by atoms with Gasteiger partial charge in [0.2, 0.25) is 0 Å². The lowest BCUT2D eigenvalue weighted by Crippen LogP contribution is -2.37. The minimum Gasteiger partial charge on any atom is -0.283 e. The monoisotopic (exact) mass is 207 g/mol. The molecular weight excluding hydrogens is 194 g/mol. The van der Waals surface area contributed by atoms with Gasteiger partial charge in [-0.1, -0.05) is 0 Å². The molecule has 0 bridgehead atoms. The van der Waals surface area contributed by atoms with Gasteiger partial charge in [-0.2, -0.15) is 5.26 Å². The number of piperidine rings is 1. The maximum absolute atomic E-state index is 8.99. The summed E-state index contributed by atoms with van der Waals surface area (Å²) in [4.78, 5) is 7.57. The number of rotatable bonds is 2. The molecule has 1 atom stereocenters. The molecule has 0 aliphatic carbocycles. The van der Waals surface area contributed by atoms with E-state index in [2.05, 4.69) is 16.0 Å². The number of thiazole rings is 1. The lowest BCUT2D eigenvalue weighted by molar-refractivity contribution is 0.178. The predicted octanol–water partition coefficient (Wildman–Crippen LogP) is 2.02. The summed E-state index contributed by atoms with van der Waals surface area (Å²) < 4.78 is 0. The van der Waals surface area contributed by atoms with Crippen molar-refractivity contribution in [1.29, 1.82) is 5.26 Å². The van der Waals surface area contributed by atoms with Crippen LogP contribution in [0.4, 0.5) is 0 Å². The largest absolute Gasteiger partial charge is 0.283 e. The third-order valence-electron chi connectivity index (χ3n) is 2.61. The molecule has 3 nitrogen and oxygen atoms in total. The van der Waals surface area contributed by atoms with Gasteiger partial charge in [0.1, 0.15) is 0 Å². The highest BCUT2D eigenvalue weighted by molar-refractivity contribution is 7.09. The second-order valence-corrected chi connectivity index (χ2v) is 4.55. The molecule has 4 heteroatoms. The average molecular weight is 207 g/mol. The molecule has 74 valence electrons. The van der Waals surface area contributed by atoms with E-state index in [1.54, 1.807) is 11.3 Å². The topological polar surface area (TPSA) is 39.9 Å². The summed E-state index contributed by atoms with van der Waals surface area (Å²) in [5.74, 6) is 0. The maximum Gasteiger partial charge on any atom is 0.0981 e. The molecule has 1 fully saturated rings. The highest BCUT2D eigenvalue weighted by Crippen LogP contribution is 2.20. The fourth-order valence-corrected chi connectivity index (χ4v) is 2.47. The van der Waals surface area contributed by atoms with Gasteiger partial charge in [-0.3, -0.25) is 9.88 Å². The zero-order chi connectivity index (χ0) is 9.80. The number of likely N-dealkylation sites (tertiary alicyclic amines) is 1. The molecule has 0 aromatic carbocycles. The van der Waals surface area contributed by atoms with E-state index >= 15 is 0 Å². The molecule has 1 saturated heterocycles. The van der Waals surface area contributed by atoms with Gasteiger partial charge in [0.25, 0.3) is 0 Å². The minimum absolute atomic E-state index is 0.117. The number of nitrogens with zero attached hydrogens (tertiary/aromatic N) is 3. The van der Waals surface area contributed by atoms with E-state index in [0.29, 0.717) is 0 Å². The van der Waals surface area contributed by atoms with Crippen molar-refractivity contribution in [3.63, 3.8) is 0 Å². The van der Waals surface area contributed by atoms with Crippen LogP contribution in [-0.2, 0) is 6.54 Å². The maximum atomic E-state index is 8.99. The van der Waals surface area contributed by atoms with Crippen molar-refractivity contribution in [2.75, 3.05) is 6.54 Å². The van der Waals surface area contributed by atoms with Crippen molar-refractivity contribution < 1.29 is 0 Å². The lowest BCUT2D eigenvalue weighted by Gasteiger charge is -2.30. The number of hydrogen-bond donors (Lipinski definition) is 0. The minimum atomic E-state index is 0.117. The molecule has 2 heterocycles. The first-order chi connectivity index (χ1) is 6.90. The Bertz CT molecular complexity index is 315. The van der Waals surface area contributed by atoms with Crippen molar-refractivity contribution in [2.45, 2.75) is 31.8 Å². The normalized spacial score (nSPS) is 23.2. The number of nitriles is 1. The first-order valence-corrected chi connectivity index (χ1v) is 5.79. The summed E-state index contributed by atoms with van der Waals surface area (Å²) in [5.41, 5.74) is 1.85. The standard InChI is InChI=1S/C10H13N3S/c11-5-9-3-1-2-4-13(9)7-10-6-12-8-14-10/h6,8-9H,1-4,7H2. The van der Waals surface area contributed by atoms with Gasteiger partial charge in [0, 0.05) is 17.6 Å². The van der Waals surface area contributed by atoms with E-state index < -0.39 is 0 Å². The molecule has 0 saturated carbocycles. The second kappa shape index (κ2) is 4.54. The SMILES string of the molecule is N#CC1CCCCN1Cc1cncs1. The summed E-state index contributed by atoms with van der Waals surface area (Å²) in [7, 11) is 0. The van der Waals surface area contributed by atoms with Crippen molar-refractivity contribution in [1.82, 2.24) is 9.88 Å². The molecule has 1 aliphatic heterocycles. The van der Waals surface area contributed by atoms with Crippen molar-refractivity contribution in [2.24, 2.45) is 0 Å². The highest BCUT2D eigenvalue weighted by Gasteiger charge is 2.21. The van der Waals surface area contributed by atoms with Crippen LogP contribution in [-0.4, -0.2) is 22.5 Å². The van der Waals surface area contributed by atoms with Crippen LogP contribution in [0.1, 0.15) is 24.1 Å². The van der Waals surface area contributed by atoms with Crippen LogP contribution in [0.5, 0.6) is 0 Å². The van der Waals surface area contributed by atoms with Crippen LogP contribution < -0.4 is 0 Å². The second-order valence-electron chi connectivity index (χ2n) is 3.58. The van der Waals surface area contributed by atoms with E-state index in [1.165, 1.54) is 17.7 Å². The Morgan fingerprint density at radius 2 is 2.57 bits per heavy atom. The van der Waals surface area contributed by atoms with Gasteiger partial charge < -0.3 is 0 Å². The summed E-state index contributed by atoms with van der Waals surface area (Å²) in [6.45, 7) is 1.94. The fraction of sp³-hybridized carbons (Fsp3) is 0.600. The van der Waals surface area contributed by atoms with Gasteiger partial charge >= 0.3 is 0 Å². The van der Waals surface area contributed by atoms with Crippen LogP contribution in [0.15, 0.2) is 11.7 Å². The first kappa shape index (κ1) is 9.63. The quantitative estimate of drug-likeness (QED) is 0.745. The van der Waals surface area contributed by atoms with E-state index in [-0.39, 0.29) is 6.04 Å². The Morgan fingerprint density at radius 1 is 1.64 bits per heavy atom. The Labute approximate surface area is 88.0 Å². The van der Waals surface area contributed by atoms with Crippen molar-refractivity contribution >= 4 is 11.3 Å². The highest BCUT2D eigenvalue weighted by atomic mass is 32.1. The summed E-state index contributed by atoms with van der Waals surface area (Å²) in [6, 6.07) is 2.49. The zero-order valence-electron chi connectivity index (χ0n) is 8.02. The van der Waals surface area contributed by atoms with Gasteiger partial charge in [0.05, 0.1) is 17.6 Å². The molecule has 1 unspecified atom stereocenters. The van der Waals surface area contributed by atoms with E-state index in [0.717, 1.165) is 19.5 Å². The Kier molecular flexibility index (Phi) is 3.12. The molecular formula is C10H13N3S. The van der Waals surface area contributed by atoms with Crippen LogP contribution in [0.2, 0.25) is 0 Å². The average Bonchev–Trinajstić information content (AvgIpc) is 2.71. The zero-order valence-corrected chi connectivity index (χ0v) is 8.83. The molecule has 1 aliphatic rings. The van der Waals surface area contributed by atoms with E-state index in [1.807, 2.05) is 11.7 Å². The third kappa shape index (κ3) is 2.11. The van der Waals surface area contributed by atoms with Crippen molar-refractivity contribution in [3.8, 4) is 6.07 Å². The van der Waals surface area contributed by atoms with E-state index in [9.17, 15) is 0 Å². The number of aromatic nitrogens is 1. The molecule has 0 amide bonds. The molecule has 1 aromatic heterocycles. The van der Waals surface area contributed by atoms with Gasteiger partial charge in [-0.05, 0) is 25.8 Å².